The van der Waals surface area contributed by atoms with Gasteiger partial charge in [0.1, 0.15) is 17.3 Å². The number of nitro benzene ring substituents is 1. The number of non-ortho nitro benzene ring substituents is 1. The van der Waals surface area contributed by atoms with Crippen LogP contribution >= 0.6 is 0 Å². The van der Waals surface area contributed by atoms with Crippen molar-refractivity contribution in [2.75, 3.05) is 30.2 Å². The number of carbonyl (C=O) groups excluding carboxylic acids is 2. The van der Waals surface area contributed by atoms with Crippen LogP contribution in [0.1, 0.15) is 17.9 Å². The molecule has 2 heterocycles. The monoisotopic (exact) mass is 480 g/mol. The average Bonchev–Trinajstić information content (AvgIpc) is 2.83. The zero-order valence-electron chi connectivity index (χ0n) is 18.6. The lowest BCUT2D eigenvalue weighted by Crippen LogP contribution is -2.36. The molecule has 0 fully saturated rings. The van der Waals surface area contributed by atoms with Gasteiger partial charge in [-0.2, -0.15) is 4.98 Å². The molecule has 0 radical (unpaired) electrons. The first-order chi connectivity index (χ1) is 16.8. The molecule has 0 saturated heterocycles. The fourth-order valence-electron chi connectivity index (χ4n) is 3.65. The van der Waals surface area contributed by atoms with E-state index < -0.39 is 28.2 Å². The summed E-state index contributed by atoms with van der Waals surface area (Å²) in [5, 5.41) is 19.0. The third-order valence-electron chi connectivity index (χ3n) is 5.28. The Kier molecular flexibility index (Phi) is 6.31. The molecule has 0 spiro atoms. The number of ether oxygens (including phenoxy) is 2. The molecule has 3 aromatic rings. The van der Waals surface area contributed by atoms with Crippen LogP contribution in [0, 0.1) is 10.1 Å². The summed E-state index contributed by atoms with van der Waals surface area (Å²) in [6.07, 6.45) is -0.293. The lowest BCUT2D eigenvalue weighted by Gasteiger charge is -2.24. The van der Waals surface area contributed by atoms with E-state index in [1.165, 1.54) is 26.4 Å². The SMILES string of the molecule is COc1cc([N+](=O)[O-])ccc1NC(=O)[C@@H]1CC(=O)Nc2nc(Nc3ccccc3OC)[nH]c(=O)c21. The second-order valence-electron chi connectivity index (χ2n) is 7.44. The molecule has 2 aromatic carbocycles. The highest BCUT2D eigenvalue weighted by Crippen LogP contribution is 2.34. The second kappa shape index (κ2) is 9.51. The Morgan fingerprint density at radius 2 is 1.86 bits per heavy atom. The summed E-state index contributed by atoms with van der Waals surface area (Å²) in [5.74, 6) is -1.80. The molecule has 1 aliphatic heterocycles. The Morgan fingerprint density at radius 1 is 1.11 bits per heavy atom. The normalized spacial score (nSPS) is 14.3. The first kappa shape index (κ1) is 23.2. The summed E-state index contributed by atoms with van der Waals surface area (Å²) < 4.78 is 10.4. The Balaban J connectivity index is 1.64. The summed E-state index contributed by atoms with van der Waals surface area (Å²) in [6, 6.07) is 10.6. The van der Waals surface area contributed by atoms with Gasteiger partial charge in [-0.3, -0.25) is 29.5 Å². The van der Waals surface area contributed by atoms with Crippen LogP contribution < -0.4 is 31.0 Å². The molecule has 1 aromatic heterocycles. The van der Waals surface area contributed by atoms with Crippen LogP contribution in [0.2, 0.25) is 0 Å². The van der Waals surface area contributed by atoms with Crippen LogP contribution in [-0.2, 0) is 9.59 Å². The van der Waals surface area contributed by atoms with Crippen molar-refractivity contribution in [1.29, 1.82) is 0 Å². The number of aromatic nitrogens is 2. The maximum atomic E-state index is 13.1. The highest BCUT2D eigenvalue weighted by Gasteiger charge is 2.35. The van der Waals surface area contributed by atoms with Crippen molar-refractivity contribution in [3.05, 3.63) is 68.5 Å². The largest absolute Gasteiger partial charge is 0.495 e. The number of amides is 2. The number of methoxy groups -OCH3 is 2. The molecule has 0 bridgehead atoms. The molecule has 0 unspecified atom stereocenters. The van der Waals surface area contributed by atoms with Crippen molar-refractivity contribution >= 4 is 40.6 Å². The van der Waals surface area contributed by atoms with Gasteiger partial charge in [0.25, 0.3) is 11.2 Å². The molecule has 0 saturated carbocycles. The van der Waals surface area contributed by atoms with E-state index in [-0.39, 0.29) is 40.9 Å². The Hall–Kier alpha value is -4.94. The van der Waals surface area contributed by atoms with Gasteiger partial charge in [-0.15, -0.1) is 0 Å². The van der Waals surface area contributed by atoms with Crippen molar-refractivity contribution in [2.24, 2.45) is 0 Å². The van der Waals surface area contributed by atoms with Crippen molar-refractivity contribution < 1.29 is 24.0 Å². The third kappa shape index (κ3) is 4.73. The van der Waals surface area contributed by atoms with E-state index >= 15 is 0 Å². The smallest absolute Gasteiger partial charge is 0.273 e. The molecule has 4 rings (SSSR count). The number of fused-ring (bicyclic) bond motifs is 1. The maximum absolute atomic E-state index is 13.1. The predicted octanol–water partition coefficient (Wildman–Crippen LogP) is 2.50. The van der Waals surface area contributed by atoms with Crippen molar-refractivity contribution in [2.45, 2.75) is 12.3 Å². The van der Waals surface area contributed by atoms with Crippen molar-refractivity contribution in [3.63, 3.8) is 0 Å². The number of para-hydroxylation sites is 2. The standard InChI is InChI=1S/C22H20N6O7/c1-34-15-6-4-3-5-13(15)24-22-26-19-18(21(31)27-22)12(10-17(29)25-19)20(30)23-14-8-7-11(28(32)33)9-16(14)35-2/h3-9,12H,10H2,1-2H3,(H,23,30)(H3,24,25,26,27,29,31)/t12-/m1/s1. The van der Waals surface area contributed by atoms with Gasteiger partial charge in [0, 0.05) is 12.5 Å². The van der Waals surface area contributed by atoms with E-state index in [2.05, 4.69) is 25.9 Å². The molecule has 13 nitrogen and oxygen atoms in total. The highest BCUT2D eigenvalue weighted by atomic mass is 16.6. The minimum absolute atomic E-state index is 0.0199. The van der Waals surface area contributed by atoms with E-state index in [4.69, 9.17) is 9.47 Å². The number of nitro groups is 1. The first-order valence-electron chi connectivity index (χ1n) is 10.3. The number of aromatic amines is 1. The topological polar surface area (TPSA) is 178 Å². The molecular formula is C22H20N6O7. The number of rotatable bonds is 7. The van der Waals surface area contributed by atoms with Gasteiger partial charge >= 0.3 is 0 Å². The summed E-state index contributed by atoms with van der Waals surface area (Å²) in [7, 11) is 2.79. The molecule has 1 aliphatic rings. The number of hydrogen-bond donors (Lipinski definition) is 4. The number of carbonyl (C=O) groups is 2. The van der Waals surface area contributed by atoms with E-state index in [0.717, 1.165) is 6.07 Å². The molecular weight excluding hydrogens is 460 g/mol. The van der Waals surface area contributed by atoms with Crippen LogP contribution in [0.3, 0.4) is 0 Å². The fraction of sp³-hybridized carbons (Fsp3) is 0.182. The minimum Gasteiger partial charge on any atom is -0.495 e. The zero-order valence-corrected chi connectivity index (χ0v) is 18.6. The van der Waals surface area contributed by atoms with Crippen LogP contribution in [0.25, 0.3) is 0 Å². The van der Waals surface area contributed by atoms with E-state index in [1.54, 1.807) is 24.3 Å². The fourth-order valence-corrected chi connectivity index (χ4v) is 3.65. The lowest BCUT2D eigenvalue weighted by atomic mass is 9.92. The molecule has 0 aliphatic carbocycles. The van der Waals surface area contributed by atoms with Gasteiger partial charge < -0.3 is 25.4 Å². The molecule has 35 heavy (non-hydrogen) atoms. The molecule has 180 valence electrons. The quantitative estimate of drug-likeness (QED) is 0.292. The van der Waals surface area contributed by atoms with Crippen molar-refractivity contribution in [1.82, 2.24) is 9.97 Å². The summed E-state index contributed by atoms with van der Waals surface area (Å²) in [4.78, 5) is 55.6. The maximum Gasteiger partial charge on any atom is 0.273 e. The van der Waals surface area contributed by atoms with Crippen LogP contribution in [-0.4, -0.2) is 40.9 Å². The average molecular weight is 480 g/mol. The van der Waals surface area contributed by atoms with Crippen molar-refractivity contribution in [3.8, 4) is 11.5 Å². The van der Waals surface area contributed by atoms with Gasteiger partial charge in [-0.05, 0) is 18.2 Å². The second-order valence-corrected chi connectivity index (χ2v) is 7.44. The number of H-pyrrole nitrogens is 1. The number of nitrogens with zero attached hydrogens (tertiary/aromatic N) is 2. The predicted molar refractivity (Wildman–Crippen MR) is 125 cm³/mol. The van der Waals surface area contributed by atoms with Gasteiger partial charge in [-0.1, -0.05) is 12.1 Å². The highest BCUT2D eigenvalue weighted by molar-refractivity contribution is 6.05. The van der Waals surface area contributed by atoms with Gasteiger partial charge in [0.15, 0.2) is 0 Å². The molecule has 4 N–H and O–H groups in total. The Morgan fingerprint density at radius 3 is 2.57 bits per heavy atom. The molecule has 13 heteroatoms. The van der Waals surface area contributed by atoms with Crippen LogP contribution in [0.5, 0.6) is 11.5 Å². The number of anilines is 4. The number of benzene rings is 2. The number of hydrogen-bond acceptors (Lipinski definition) is 9. The van der Waals surface area contributed by atoms with Crippen LogP contribution in [0.4, 0.5) is 28.8 Å². The van der Waals surface area contributed by atoms with Gasteiger partial charge in [0.05, 0.1) is 48.1 Å². The minimum atomic E-state index is -1.16. The lowest BCUT2D eigenvalue weighted by molar-refractivity contribution is -0.384. The Bertz CT molecular complexity index is 1390. The first-order valence-corrected chi connectivity index (χ1v) is 10.3. The zero-order chi connectivity index (χ0) is 25.1. The molecule has 1 atom stereocenters. The van der Waals surface area contributed by atoms with E-state index in [9.17, 15) is 24.5 Å². The van der Waals surface area contributed by atoms with Gasteiger partial charge in [0.2, 0.25) is 17.8 Å². The van der Waals surface area contributed by atoms with Gasteiger partial charge in [-0.25, -0.2) is 0 Å². The van der Waals surface area contributed by atoms with E-state index in [1.807, 2.05) is 0 Å². The summed E-state index contributed by atoms with van der Waals surface area (Å²) in [6.45, 7) is 0. The third-order valence-corrected chi connectivity index (χ3v) is 5.28. The molecule has 2 amide bonds. The van der Waals surface area contributed by atoms with E-state index in [0.29, 0.717) is 11.4 Å². The Labute approximate surface area is 197 Å². The number of nitrogens with one attached hydrogen (secondary N) is 4. The summed E-state index contributed by atoms with van der Waals surface area (Å²) in [5.41, 5.74) is -0.191. The van der Waals surface area contributed by atoms with Crippen LogP contribution in [0.15, 0.2) is 47.3 Å². The summed E-state index contributed by atoms with van der Waals surface area (Å²) >= 11 is 0.